The number of carbonyl (C=O) groups excluding carboxylic acids is 4. The van der Waals surface area contributed by atoms with Gasteiger partial charge in [-0.25, -0.2) is 0 Å². The fraction of sp³-hybridized carbons (Fsp3) is 0.0476. The van der Waals surface area contributed by atoms with Gasteiger partial charge in [-0.2, -0.15) is 16.8 Å². The molecule has 0 atom stereocenters. The lowest BCUT2D eigenvalue weighted by atomic mass is 9.82. The van der Waals surface area contributed by atoms with Crippen LogP contribution in [0.4, 0.5) is 34.1 Å². The van der Waals surface area contributed by atoms with Gasteiger partial charge in [-0.3, -0.25) is 28.3 Å². The van der Waals surface area contributed by atoms with Crippen molar-refractivity contribution in [1.29, 1.82) is 0 Å². The van der Waals surface area contributed by atoms with Crippen LogP contribution < -0.4 is 22.1 Å². The number of aryl methyl sites for hydroxylation is 2. The Bertz CT molecular complexity index is 2930. The van der Waals surface area contributed by atoms with Crippen molar-refractivity contribution < 1.29 is 45.1 Å². The Kier molecular flexibility index (Phi) is 8.70. The van der Waals surface area contributed by atoms with E-state index in [1.807, 2.05) is 12.1 Å². The summed E-state index contributed by atoms with van der Waals surface area (Å²) in [6.07, 6.45) is 0. The van der Waals surface area contributed by atoms with E-state index in [9.17, 15) is 45.1 Å². The van der Waals surface area contributed by atoms with Crippen molar-refractivity contribution in [3.8, 4) is 11.1 Å². The van der Waals surface area contributed by atoms with Crippen molar-refractivity contribution in [1.82, 2.24) is 0 Å². The van der Waals surface area contributed by atoms with Crippen LogP contribution in [-0.2, 0) is 20.2 Å². The third-order valence-corrected chi connectivity index (χ3v) is 12.1. The van der Waals surface area contributed by atoms with E-state index in [-0.39, 0.29) is 55.9 Å². The quantitative estimate of drug-likeness (QED) is 0.0727. The first-order chi connectivity index (χ1) is 27.4. The normalized spacial score (nSPS) is 13.4. The van der Waals surface area contributed by atoms with Gasteiger partial charge in [0.25, 0.3) is 20.2 Å². The van der Waals surface area contributed by atoms with Crippen LogP contribution in [0.3, 0.4) is 0 Å². The fourth-order valence-corrected chi connectivity index (χ4v) is 8.76. The molecule has 0 radical (unpaired) electrons. The average molecular weight is 815 g/mol. The van der Waals surface area contributed by atoms with Crippen LogP contribution in [0.15, 0.2) is 107 Å². The zero-order valence-electron chi connectivity index (χ0n) is 30.4. The van der Waals surface area contributed by atoms with Crippen molar-refractivity contribution in [3.05, 3.63) is 153 Å². The molecule has 0 aromatic heterocycles. The van der Waals surface area contributed by atoms with Gasteiger partial charge in [0, 0.05) is 33.6 Å². The number of anilines is 6. The summed E-state index contributed by atoms with van der Waals surface area (Å²) in [6.45, 7) is 3.52. The molecule has 0 saturated heterocycles. The Morgan fingerprint density at radius 1 is 0.448 bits per heavy atom. The minimum atomic E-state index is -4.92. The molecule has 0 amide bonds. The van der Waals surface area contributed by atoms with Gasteiger partial charge < -0.3 is 22.1 Å². The van der Waals surface area contributed by atoms with E-state index in [2.05, 4.69) is 10.6 Å². The van der Waals surface area contributed by atoms with E-state index in [1.165, 1.54) is 24.3 Å². The second-order valence-corrected chi connectivity index (χ2v) is 16.6. The fourth-order valence-electron chi connectivity index (χ4n) is 7.47. The number of fused-ring (bicyclic) bond motifs is 4. The van der Waals surface area contributed by atoms with Crippen LogP contribution in [0, 0.1) is 13.8 Å². The van der Waals surface area contributed by atoms with Crippen molar-refractivity contribution in [2.75, 3.05) is 22.1 Å². The lowest BCUT2D eigenvalue weighted by Gasteiger charge is -2.24. The van der Waals surface area contributed by atoms with E-state index in [1.54, 1.807) is 62.4 Å². The topological polar surface area (TPSA) is 253 Å². The van der Waals surface area contributed by atoms with Gasteiger partial charge in [0.2, 0.25) is 0 Å². The summed E-state index contributed by atoms with van der Waals surface area (Å²) in [5, 5.41) is 6.14. The summed E-state index contributed by atoms with van der Waals surface area (Å²) >= 11 is 0. The number of ketones is 4. The smallest absolute Gasteiger partial charge is 0.296 e. The van der Waals surface area contributed by atoms with Gasteiger partial charge in [0.1, 0.15) is 9.79 Å². The minimum Gasteiger partial charge on any atom is -0.397 e. The Morgan fingerprint density at radius 2 is 0.759 bits per heavy atom. The van der Waals surface area contributed by atoms with Crippen LogP contribution in [-0.4, -0.2) is 49.1 Å². The Labute approximate surface area is 331 Å². The maximum Gasteiger partial charge on any atom is 0.296 e. The first-order valence-corrected chi connectivity index (χ1v) is 20.2. The Balaban J connectivity index is 1.14. The molecule has 290 valence electrons. The molecule has 0 spiro atoms. The highest BCUT2D eigenvalue weighted by molar-refractivity contribution is 7.86. The second kappa shape index (κ2) is 13.3. The summed E-state index contributed by atoms with van der Waals surface area (Å²) in [6, 6.07) is 24.7. The molecule has 16 heteroatoms. The van der Waals surface area contributed by atoms with E-state index >= 15 is 0 Å². The largest absolute Gasteiger partial charge is 0.397 e. The Hall–Kier alpha value is -6.98. The van der Waals surface area contributed by atoms with Gasteiger partial charge >= 0.3 is 0 Å². The maximum atomic E-state index is 13.8. The predicted octanol–water partition coefficient (Wildman–Crippen LogP) is 6.67. The molecule has 6 aromatic carbocycles. The number of nitrogen functional groups attached to an aromatic ring is 2. The van der Waals surface area contributed by atoms with Gasteiger partial charge in [-0.05, 0) is 72.5 Å². The number of hydrogen-bond acceptors (Lipinski definition) is 12. The number of carbonyl (C=O) groups is 4. The summed E-state index contributed by atoms with van der Waals surface area (Å²) < 4.78 is 69.6. The zero-order valence-corrected chi connectivity index (χ0v) is 32.0. The van der Waals surface area contributed by atoms with Gasteiger partial charge in [0.15, 0.2) is 23.1 Å². The van der Waals surface area contributed by atoms with Gasteiger partial charge in [-0.15, -0.1) is 0 Å². The maximum absolute atomic E-state index is 13.8. The number of hydrogen-bond donors (Lipinski definition) is 6. The molecule has 14 nitrogen and oxygen atoms in total. The number of nitrogens with two attached hydrogens (primary N) is 2. The van der Waals surface area contributed by atoms with Gasteiger partial charge in [-0.1, -0.05) is 60.7 Å². The number of rotatable bonds is 7. The molecule has 0 saturated carbocycles. The van der Waals surface area contributed by atoms with Crippen LogP contribution in [0.5, 0.6) is 0 Å². The standard InChI is InChI=1S/C42H30N4O10S2/c1-19-15-21(11-13-27(19)45-29-17-31(57(51,52)53)37(43)35-33(29)39(47)23-7-3-5-9-25(23)41(35)49)22-12-14-28(20(2)16-22)46-30-18-32(58(54,55)56)38(44)36-34(30)40(48)24-8-4-6-10-26(24)42(36)50/h3-18,45-46H,43-44H2,1-2H3,(H,51,52,53)(H,54,55,56). The molecule has 58 heavy (non-hydrogen) atoms. The van der Waals surface area contributed by atoms with E-state index < -0.39 is 64.5 Å². The van der Waals surface area contributed by atoms with Crippen LogP contribution in [0.1, 0.15) is 74.8 Å². The summed E-state index contributed by atoms with van der Waals surface area (Å²) in [5.41, 5.74) is 14.0. The molecule has 0 unspecified atom stereocenters. The molecule has 0 aliphatic heterocycles. The van der Waals surface area contributed by atoms with E-state index in [0.717, 1.165) is 23.3 Å². The molecule has 0 heterocycles. The lowest BCUT2D eigenvalue weighted by Crippen LogP contribution is -2.25. The summed E-state index contributed by atoms with van der Waals surface area (Å²) in [4.78, 5) is 53.2. The molecule has 2 aliphatic carbocycles. The van der Waals surface area contributed by atoms with Crippen LogP contribution in [0.25, 0.3) is 11.1 Å². The molecular formula is C42H30N4O10S2. The molecular weight excluding hydrogens is 785 g/mol. The van der Waals surface area contributed by atoms with Crippen molar-refractivity contribution in [2.24, 2.45) is 0 Å². The molecule has 0 bridgehead atoms. The minimum absolute atomic E-state index is 0.0484. The molecule has 8 rings (SSSR count). The third kappa shape index (κ3) is 6.02. The second-order valence-electron chi connectivity index (χ2n) is 13.8. The molecule has 0 fully saturated rings. The summed E-state index contributed by atoms with van der Waals surface area (Å²) in [7, 11) is -9.84. The Morgan fingerprint density at radius 3 is 1.05 bits per heavy atom. The highest BCUT2D eigenvalue weighted by atomic mass is 32.2. The number of benzene rings is 6. The monoisotopic (exact) mass is 814 g/mol. The highest BCUT2D eigenvalue weighted by Crippen LogP contribution is 2.43. The zero-order chi connectivity index (χ0) is 41.6. The average Bonchev–Trinajstić information content (AvgIpc) is 3.17. The third-order valence-electron chi connectivity index (χ3n) is 10.3. The van der Waals surface area contributed by atoms with E-state index in [0.29, 0.717) is 22.5 Å². The highest BCUT2D eigenvalue weighted by Gasteiger charge is 2.38. The molecule has 2 aliphatic rings. The van der Waals surface area contributed by atoms with Crippen molar-refractivity contribution in [3.63, 3.8) is 0 Å². The number of nitrogens with one attached hydrogen (secondary N) is 2. The summed E-state index contributed by atoms with van der Waals surface area (Å²) in [5.74, 6) is -2.46. The predicted molar refractivity (Wildman–Crippen MR) is 216 cm³/mol. The molecule has 8 N–H and O–H groups in total. The van der Waals surface area contributed by atoms with Crippen molar-refractivity contribution >= 4 is 77.5 Å². The van der Waals surface area contributed by atoms with Crippen LogP contribution >= 0.6 is 0 Å². The lowest BCUT2D eigenvalue weighted by molar-refractivity contribution is 0.0980. The van der Waals surface area contributed by atoms with Crippen molar-refractivity contribution in [2.45, 2.75) is 23.6 Å². The van der Waals surface area contributed by atoms with E-state index in [4.69, 9.17) is 11.5 Å². The first kappa shape index (κ1) is 37.9. The first-order valence-electron chi connectivity index (χ1n) is 17.4. The molecule has 6 aromatic rings. The van der Waals surface area contributed by atoms with Gasteiger partial charge in [0.05, 0.1) is 45.0 Å². The van der Waals surface area contributed by atoms with Crippen LogP contribution in [0.2, 0.25) is 0 Å². The SMILES string of the molecule is Cc1cc(-c2ccc(Nc3cc(S(=O)(=O)O)c(N)c4c3C(=O)c3ccccc3C4=O)c(C)c2)ccc1Nc1cc(S(=O)(=O)O)c(N)c2c1C(=O)c1ccccc1C2=O.